The molecule has 6 nitrogen and oxygen atoms in total. The van der Waals surface area contributed by atoms with Crippen molar-refractivity contribution in [2.45, 2.75) is 4.90 Å². The predicted molar refractivity (Wildman–Crippen MR) is 93.4 cm³/mol. The zero-order valence-electron chi connectivity index (χ0n) is 12.6. The van der Waals surface area contributed by atoms with Crippen molar-refractivity contribution in [1.29, 1.82) is 0 Å². The molecule has 25 heavy (non-hydrogen) atoms. The van der Waals surface area contributed by atoms with Crippen LogP contribution in [0.1, 0.15) is 10.6 Å². The summed E-state index contributed by atoms with van der Waals surface area (Å²) in [5.74, 6) is -1.12. The van der Waals surface area contributed by atoms with Gasteiger partial charge < -0.3 is 9.52 Å². The lowest BCUT2D eigenvalue weighted by Gasteiger charge is -2.09. The number of anilines is 1. The van der Waals surface area contributed by atoms with Crippen LogP contribution in [0.4, 0.5) is 5.69 Å². The predicted octanol–water partition coefficient (Wildman–Crippen LogP) is 4.10. The first kappa shape index (κ1) is 17.1. The van der Waals surface area contributed by atoms with E-state index in [1.165, 1.54) is 36.4 Å². The van der Waals surface area contributed by atoms with Gasteiger partial charge in [-0.25, -0.2) is 13.2 Å². The average Bonchev–Trinajstić information content (AvgIpc) is 3.05. The van der Waals surface area contributed by atoms with Crippen LogP contribution in [-0.2, 0) is 10.0 Å². The highest BCUT2D eigenvalue weighted by atomic mass is 35.5. The number of sulfonamides is 1. The van der Waals surface area contributed by atoms with Gasteiger partial charge in [-0.05, 0) is 42.5 Å². The molecule has 1 aromatic heterocycles. The van der Waals surface area contributed by atoms with E-state index in [9.17, 15) is 13.2 Å². The Bertz CT molecular complexity index is 1030. The molecule has 0 amide bonds. The molecule has 8 heteroatoms. The highest BCUT2D eigenvalue weighted by Crippen LogP contribution is 2.32. The molecule has 0 unspecified atom stereocenters. The van der Waals surface area contributed by atoms with Crippen molar-refractivity contribution < 1.29 is 22.7 Å². The number of halogens is 1. The summed E-state index contributed by atoms with van der Waals surface area (Å²) in [6.07, 6.45) is 0. The second kappa shape index (κ2) is 6.62. The van der Waals surface area contributed by atoms with Gasteiger partial charge in [0.1, 0.15) is 5.76 Å². The largest absolute Gasteiger partial charge is 0.475 e. The molecule has 2 N–H and O–H groups in total. The standard InChI is InChI=1S/C17H12ClNO5S/c18-14-10-11(19-25(22,23)12-4-2-1-3-5-12)6-7-13(14)15-8-9-16(24-15)17(20)21/h1-10,19H,(H,20,21). The summed E-state index contributed by atoms with van der Waals surface area (Å²) < 4.78 is 32.3. The number of nitrogens with one attached hydrogen (secondary N) is 1. The topological polar surface area (TPSA) is 96.6 Å². The molecule has 0 fully saturated rings. The molecule has 0 aliphatic rings. The maximum absolute atomic E-state index is 12.3. The van der Waals surface area contributed by atoms with Gasteiger partial charge >= 0.3 is 5.97 Å². The second-order valence-electron chi connectivity index (χ2n) is 5.08. The number of carboxylic acids is 1. The van der Waals surface area contributed by atoms with Gasteiger partial charge in [-0.2, -0.15) is 0 Å². The van der Waals surface area contributed by atoms with Crippen LogP contribution in [0.3, 0.4) is 0 Å². The van der Waals surface area contributed by atoms with Gasteiger partial charge in [0, 0.05) is 5.56 Å². The quantitative estimate of drug-likeness (QED) is 0.697. The number of benzene rings is 2. The molecule has 3 rings (SSSR count). The van der Waals surface area contributed by atoms with Gasteiger partial charge in [-0.15, -0.1) is 0 Å². The molecule has 1 heterocycles. The Morgan fingerprint density at radius 2 is 1.76 bits per heavy atom. The van der Waals surface area contributed by atoms with Gasteiger partial charge in [0.15, 0.2) is 0 Å². The minimum absolute atomic E-state index is 0.132. The molecule has 0 aliphatic carbocycles. The molecule has 0 saturated heterocycles. The first-order valence-corrected chi connectivity index (χ1v) is 8.94. The smallest absolute Gasteiger partial charge is 0.371 e. The van der Waals surface area contributed by atoms with E-state index in [0.29, 0.717) is 5.56 Å². The van der Waals surface area contributed by atoms with Crippen molar-refractivity contribution in [3.8, 4) is 11.3 Å². The minimum Gasteiger partial charge on any atom is -0.475 e. The van der Waals surface area contributed by atoms with Gasteiger partial charge in [0.25, 0.3) is 10.0 Å². The van der Waals surface area contributed by atoms with Crippen molar-refractivity contribution in [2.75, 3.05) is 4.72 Å². The Morgan fingerprint density at radius 1 is 1.04 bits per heavy atom. The summed E-state index contributed by atoms with van der Waals surface area (Å²) in [6, 6.07) is 15.2. The van der Waals surface area contributed by atoms with Gasteiger partial charge in [0.2, 0.25) is 5.76 Å². The number of carbonyl (C=O) groups is 1. The van der Waals surface area contributed by atoms with Crippen molar-refractivity contribution in [3.63, 3.8) is 0 Å². The summed E-state index contributed by atoms with van der Waals surface area (Å²) in [5, 5.41) is 9.11. The van der Waals surface area contributed by atoms with Crippen LogP contribution in [0.25, 0.3) is 11.3 Å². The van der Waals surface area contributed by atoms with E-state index < -0.39 is 16.0 Å². The lowest BCUT2D eigenvalue weighted by atomic mass is 10.1. The van der Waals surface area contributed by atoms with E-state index in [0.717, 1.165) is 0 Å². The molecule has 2 aromatic carbocycles. The van der Waals surface area contributed by atoms with E-state index in [2.05, 4.69) is 4.72 Å². The van der Waals surface area contributed by atoms with E-state index in [1.54, 1.807) is 24.3 Å². The third kappa shape index (κ3) is 3.67. The lowest BCUT2D eigenvalue weighted by molar-refractivity contribution is 0.0663. The number of furan rings is 1. The number of hydrogen-bond acceptors (Lipinski definition) is 4. The molecule has 0 spiro atoms. The van der Waals surface area contributed by atoms with Gasteiger partial charge in [-0.3, -0.25) is 4.72 Å². The Kier molecular flexibility index (Phi) is 4.52. The zero-order chi connectivity index (χ0) is 18.0. The Hall–Kier alpha value is -2.77. The summed E-state index contributed by atoms with van der Waals surface area (Å²) in [5.41, 5.74) is 0.736. The van der Waals surface area contributed by atoms with E-state index in [4.69, 9.17) is 21.1 Å². The number of carboxylic acid groups (broad SMARTS) is 1. The monoisotopic (exact) mass is 377 g/mol. The molecule has 0 atom stereocenters. The highest BCUT2D eigenvalue weighted by molar-refractivity contribution is 7.92. The summed E-state index contributed by atoms with van der Waals surface area (Å²) >= 11 is 6.19. The van der Waals surface area contributed by atoms with Gasteiger partial charge in [0.05, 0.1) is 15.6 Å². The van der Waals surface area contributed by atoms with Crippen LogP contribution in [0.2, 0.25) is 5.02 Å². The first-order valence-electron chi connectivity index (χ1n) is 7.08. The first-order chi connectivity index (χ1) is 11.9. The maximum Gasteiger partial charge on any atom is 0.371 e. The molecular formula is C17H12ClNO5S. The Labute approximate surface area is 148 Å². The molecule has 0 saturated carbocycles. The number of rotatable bonds is 5. The van der Waals surface area contributed by atoms with Crippen LogP contribution < -0.4 is 4.72 Å². The normalized spacial score (nSPS) is 11.2. The van der Waals surface area contributed by atoms with Crippen LogP contribution in [0.15, 0.2) is 70.0 Å². The van der Waals surface area contributed by atoms with E-state index in [1.807, 2.05) is 0 Å². The summed E-state index contributed by atoms with van der Waals surface area (Å²) in [4.78, 5) is 11.0. The lowest BCUT2D eigenvalue weighted by Crippen LogP contribution is -2.12. The average molecular weight is 378 g/mol. The number of hydrogen-bond donors (Lipinski definition) is 2. The molecule has 0 radical (unpaired) electrons. The SMILES string of the molecule is O=C(O)c1ccc(-c2ccc(NS(=O)(=O)c3ccccc3)cc2Cl)o1. The minimum atomic E-state index is -3.72. The van der Waals surface area contributed by atoms with Crippen molar-refractivity contribution in [3.05, 3.63) is 71.4 Å². The van der Waals surface area contributed by atoms with E-state index >= 15 is 0 Å². The summed E-state index contributed by atoms with van der Waals surface area (Å²) in [6.45, 7) is 0. The fourth-order valence-electron chi connectivity index (χ4n) is 2.19. The molecular weight excluding hydrogens is 366 g/mol. The van der Waals surface area contributed by atoms with Crippen LogP contribution in [0, 0.1) is 0 Å². The second-order valence-corrected chi connectivity index (χ2v) is 7.17. The molecule has 3 aromatic rings. The van der Waals surface area contributed by atoms with Crippen LogP contribution in [-0.4, -0.2) is 19.5 Å². The van der Waals surface area contributed by atoms with Crippen molar-refractivity contribution in [2.24, 2.45) is 0 Å². The fourth-order valence-corrected chi connectivity index (χ4v) is 3.53. The van der Waals surface area contributed by atoms with E-state index in [-0.39, 0.29) is 27.1 Å². The van der Waals surface area contributed by atoms with Gasteiger partial charge in [-0.1, -0.05) is 29.8 Å². The molecule has 0 bridgehead atoms. The fraction of sp³-hybridized carbons (Fsp3) is 0. The molecule has 0 aliphatic heterocycles. The van der Waals surface area contributed by atoms with Crippen LogP contribution >= 0.6 is 11.6 Å². The third-order valence-electron chi connectivity index (χ3n) is 3.36. The molecule has 128 valence electrons. The Balaban J connectivity index is 1.88. The zero-order valence-corrected chi connectivity index (χ0v) is 14.2. The van der Waals surface area contributed by atoms with Crippen molar-refractivity contribution >= 4 is 33.3 Å². The Morgan fingerprint density at radius 3 is 2.36 bits per heavy atom. The van der Waals surface area contributed by atoms with Crippen molar-refractivity contribution in [1.82, 2.24) is 0 Å². The highest BCUT2D eigenvalue weighted by Gasteiger charge is 2.16. The maximum atomic E-state index is 12.3. The summed E-state index contributed by atoms with van der Waals surface area (Å²) in [7, 11) is -3.72. The van der Waals surface area contributed by atoms with Crippen LogP contribution in [0.5, 0.6) is 0 Å². The third-order valence-corrected chi connectivity index (χ3v) is 5.07. The number of aromatic carboxylic acids is 1.